The van der Waals surface area contributed by atoms with Crippen LogP contribution in [0.5, 0.6) is 0 Å². The average molecular weight is 268 g/mol. The summed E-state index contributed by atoms with van der Waals surface area (Å²) in [5.41, 5.74) is 3.50. The summed E-state index contributed by atoms with van der Waals surface area (Å²) in [4.78, 5) is 0. The van der Waals surface area contributed by atoms with E-state index in [1.165, 1.54) is 6.07 Å². The minimum Gasteiger partial charge on any atom is -0.271 e. The zero-order chi connectivity index (χ0) is 14.1. The maximum atomic E-state index is 13.1. The van der Waals surface area contributed by atoms with Gasteiger partial charge in [0.15, 0.2) is 11.6 Å². The third kappa shape index (κ3) is 5.94. The van der Waals surface area contributed by atoms with Crippen LogP contribution in [0.4, 0.5) is 8.78 Å². The van der Waals surface area contributed by atoms with E-state index < -0.39 is 11.6 Å². The summed E-state index contributed by atoms with van der Waals surface area (Å²) in [5.74, 6) is 3.87. The zero-order valence-corrected chi connectivity index (χ0v) is 11.2. The smallest absolute Gasteiger partial charge is 0.159 e. The van der Waals surface area contributed by atoms with E-state index in [0.717, 1.165) is 43.7 Å². The van der Waals surface area contributed by atoms with Gasteiger partial charge in [0, 0.05) is 6.04 Å². The van der Waals surface area contributed by atoms with E-state index in [9.17, 15) is 8.78 Å². The topological polar surface area (TPSA) is 38.0 Å². The van der Waals surface area contributed by atoms with Gasteiger partial charge in [-0.2, -0.15) is 0 Å². The Morgan fingerprint density at radius 3 is 2.63 bits per heavy atom. The van der Waals surface area contributed by atoms with Crippen LogP contribution in [-0.4, -0.2) is 6.04 Å². The van der Waals surface area contributed by atoms with Gasteiger partial charge >= 0.3 is 0 Å². The molecule has 1 atom stereocenters. The summed E-state index contributed by atoms with van der Waals surface area (Å²) >= 11 is 0. The molecular formula is C15H22F2N2. The third-order valence-corrected chi connectivity index (χ3v) is 3.16. The first-order chi connectivity index (χ1) is 9.17. The lowest BCUT2D eigenvalue weighted by Gasteiger charge is -2.15. The lowest BCUT2D eigenvalue weighted by atomic mass is 10.0. The van der Waals surface area contributed by atoms with Crippen molar-refractivity contribution >= 4 is 0 Å². The quantitative estimate of drug-likeness (QED) is 0.311. The Morgan fingerprint density at radius 1 is 1.21 bits per heavy atom. The fourth-order valence-electron chi connectivity index (χ4n) is 2.05. The van der Waals surface area contributed by atoms with Crippen LogP contribution in [0.1, 0.15) is 37.7 Å². The molecular weight excluding hydrogens is 246 g/mol. The number of hydrazine groups is 1. The van der Waals surface area contributed by atoms with Crippen molar-refractivity contribution in [2.24, 2.45) is 5.84 Å². The minimum atomic E-state index is -0.814. The van der Waals surface area contributed by atoms with Gasteiger partial charge in [-0.25, -0.2) is 8.78 Å². The molecule has 0 saturated carbocycles. The number of allylic oxidation sites excluding steroid dienone is 1. The molecule has 1 rings (SSSR count). The van der Waals surface area contributed by atoms with Crippen LogP contribution in [0.3, 0.4) is 0 Å². The molecule has 0 aromatic heterocycles. The first kappa shape index (κ1) is 15.8. The number of hydrogen-bond donors (Lipinski definition) is 2. The van der Waals surface area contributed by atoms with Crippen LogP contribution in [-0.2, 0) is 6.42 Å². The van der Waals surface area contributed by atoms with Gasteiger partial charge in [-0.1, -0.05) is 25.0 Å². The van der Waals surface area contributed by atoms with Crippen LogP contribution in [0.15, 0.2) is 30.9 Å². The fraction of sp³-hybridized carbons (Fsp3) is 0.467. The Morgan fingerprint density at radius 2 is 2.00 bits per heavy atom. The second-order valence-electron chi connectivity index (χ2n) is 4.74. The van der Waals surface area contributed by atoms with Crippen molar-refractivity contribution < 1.29 is 8.78 Å². The highest BCUT2D eigenvalue weighted by Crippen LogP contribution is 2.13. The highest BCUT2D eigenvalue weighted by atomic mass is 19.2. The van der Waals surface area contributed by atoms with Crippen molar-refractivity contribution in [3.8, 4) is 0 Å². The number of nitrogens with one attached hydrogen (secondary N) is 1. The molecule has 0 saturated heterocycles. The summed E-state index contributed by atoms with van der Waals surface area (Å²) in [6, 6.07) is 4.08. The van der Waals surface area contributed by atoms with Crippen molar-refractivity contribution in [3.63, 3.8) is 0 Å². The summed E-state index contributed by atoms with van der Waals surface area (Å²) in [5, 5.41) is 0. The van der Waals surface area contributed by atoms with Gasteiger partial charge < -0.3 is 0 Å². The normalized spacial score (nSPS) is 12.4. The van der Waals surface area contributed by atoms with Gasteiger partial charge in [-0.15, -0.1) is 6.58 Å². The minimum absolute atomic E-state index is 0.0913. The molecule has 4 heteroatoms. The van der Waals surface area contributed by atoms with Gasteiger partial charge in [0.2, 0.25) is 0 Å². The van der Waals surface area contributed by atoms with E-state index in [4.69, 9.17) is 5.84 Å². The lowest BCUT2D eigenvalue weighted by Crippen LogP contribution is -2.36. The van der Waals surface area contributed by atoms with Gasteiger partial charge in [-0.3, -0.25) is 11.3 Å². The molecule has 2 nitrogen and oxygen atoms in total. The molecule has 0 spiro atoms. The predicted molar refractivity (Wildman–Crippen MR) is 74.5 cm³/mol. The van der Waals surface area contributed by atoms with Gasteiger partial charge in [0.1, 0.15) is 0 Å². The van der Waals surface area contributed by atoms with E-state index >= 15 is 0 Å². The summed E-state index contributed by atoms with van der Waals surface area (Å²) < 4.78 is 25.9. The molecule has 0 aliphatic rings. The standard InChI is InChI=1S/C15H22F2N2/c1-2-3-4-5-6-7-13(19-18)10-12-8-9-14(16)15(17)11-12/h2,8-9,11,13,19H,1,3-7,10,18H2. The Hall–Kier alpha value is -1.26. The van der Waals surface area contributed by atoms with Crippen LogP contribution >= 0.6 is 0 Å². The van der Waals surface area contributed by atoms with Crippen molar-refractivity contribution in [2.75, 3.05) is 0 Å². The molecule has 0 aliphatic heterocycles. The number of unbranched alkanes of at least 4 members (excludes halogenated alkanes) is 3. The number of rotatable bonds is 9. The molecule has 0 aliphatic carbocycles. The van der Waals surface area contributed by atoms with Crippen molar-refractivity contribution in [2.45, 2.75) is 44.6 Å². The van der Waals surface area contributed by atoms with Crippen molar-refractivity contribution in [3.05, 3.63) is 48.1 Å². The second kappa shape index (κ2) is 8.77. The molecule has 0 amide bonds. The summed E-state index contributed by atoms with van der Waals surface area (Å²) in [6.45, 7) is 3.68. The van der Waals surface area contributed by atoms with Crippen LogP contribution < -0.4 is 11.3 Å². The highest BCUT2D eigenvalue weighted by Gasteiger charge is 2.09. The monoisotopic (exact) mass is 268 g/mol. The zero-order valence-electron chi connectivity index (χ0n) is 11.2. The molecule has 106 valence electrons. The third-order valence-electron chi connectivity index (χ3n) is 3.16. The molecule has 0 heterocycles. The summed E-state index contributed by atoms with van der Waals surface area (Å²) in [7, 11) is 0. The van der Waals surface area contributed by atoms with Gasteiger partial charge in [0.05, 0.1) is 0 Å². The molecule has 19 heavy (non-hydrogen) atoms. The van der Waals surface area contributed by atoms with Crippen molar-refractivity contribution in [1.82, 2.24) is 5.43 Å². The Kier molecular flexibility index (Phi) is 7.30. The Bertz CT molecular complexity index is 394. The van der Waals surface area contributed by atoms with Gasteiger partial charge in [0.25, 0.3) is 0 Å². The number of halogens is 2. The molecule has 3 N–H and O–H groups in total. The highest BCUT2D eigenvalue weighted by molar-refractivity contribution is 5.18. The van der Waals surface area contributed by atoms with E-state index in [0.29, 0.717) is 6.42 Å². The number of benzene rings is 1. The molecule has 0 bridgehead atoms. The van der Waals surface area contributed by atoms with E-state index in [-0.39, 0.29) is 6.04 Å². The molecule has 1 aromatic rings. The first-order valence-electron chi connectivity index (χ1n) is 6.68. The van der Waals surface area contributed by atoms with E-state index in [1.807, 2.05) is 6.08 Å². The Labute approximate surface area is 113 Å². The molecule has 1 unspecified atom stereocenters. The molecule has 1 aromatic carbocycles. The first-order valence-corrected chi connectivity index (χ1v) is 6.68. The lowest BCUT2D eigenvalue weighted by molar-refractivity contribution is 0.461. The number of nitrogens with two attached hydrogens (primary N) is 1. The number of hydrogen-bond acceptors (Lipinski definition) is 2. The van der Waals surface area contributed by atoms with Crippen molar-refractivity contribution in [1.29, 1.82) is 0 Å². The maximum absolute atomic E-state index is 13.1. The van der Waals surface area contributed by atoms with E-state index in [1.54, 1.807) is 6.07 Å². The largest absolute Gasteiger partial charge is 0.271 e. The van der Waals surface area contributed by atoms with Crippen LogP contribution in [0.25, 0.3) is 0 Å². The molecule has 0 radical (unpaired) electrons. The fourth-order valence-corrected chi connectivity index (χ4v) is 2.05. The van der Waals surface area contributed by atoms with Crippen LogP contribution in [0.2, 0.25) is 0 Å². The predicted octanol–water partition coefficient (Wildman–Crippen LogP) is 3.48. The average Bonchev–Trinajstić information content (AvgIpc) is 2.41. The van der Waals surface area contributed by atoms with E-state index in [2.05, 4.69) is 12.0 Å². The second-order valence-corrected chi connectivity index (χ2v) is 4.74. The summed E-state index contributed by atoms with van der Waals surface area (Å²) in [6.07, 6.45) is 7.80. The van der Waals surface area contributed by atoms with Gasteiger partial charge in [-0.05, 0) is 43.4 Å². The SMILES string of the molecule is C=CCCCCCC(Cc1ccc(F)c(F)c1)NN. The molecule has 0 fully saturated rings. The Balaban J connectivity index is 2.38. The van der Waals surface area contributed by atoms with Crippen LogP contribution in [0, 0.1) is 11.6 Å². The maximum Gasteiger partial charge on any atom is 0.159 e.